The number of carbonyl (C=O) groups excluding carboxylic acids is 1. The predicted octanol–water partition coefficient (Wildman–Crippen LogP) is 2.41. The molecule has 1 aliphatic rings. The number of benzene rings is 1. The molecule has 0 spiro atoms. The van der Waals surface area contributed by atoms with E-state index in [2.05, 4.69) is 0 Å². The fourth-order valence-corrected chi connectivity index (χ4v) is 2.35. The Morgan fingerprint density at radius 2 is 1.86 bits per heavy atom. The second-order valence-corrected chi connectivity index (χ2v) is 6.31. The van der Waals surface area contributed by atoms with Crippen LogP contribution in [0.5, 0.6) is 5.75 Å². The van der Waals surface area contributed by atoms with Crippen LogP contribution < -0.4 is 4.74 Å². The third-order valence-electron chi connectivity index (χ3n) is 3.35. The molecule has 1 saturated heterocycles. The van der Waals surface area contributed by atoms with Crippen molar-refractivity contribution >= 4 is 11.9 Å². The van der Waals surface area contributed by atoms with E-state index in [1.807, 2.05) is 20.8 Å². The summed E-state index contributed by atoms with van der Waals surface area (Å²) in [4.78, 5) is 24.8. The lowest BCUT2D eigenvalue weighted by Gasteiger charge is -2.21. The molecule has 2 rings (SSSR count). The highest BCUT2D eigenvalue weighted by molar-refractivity contribution is 5.94. The summed E-state index contributed by atoms with van der Waals surface area (Å²) >= 11 is 0. The van der Waals surface area contributed by atoms with Gasteiger partial charge in [-0.2, -0.15) is 0 Å². The number of rotatable bonds is 3. The molecule has 1 aromatic rings. The van der Waals surface area contributed by atoms with Gasteiger partial charge in [0.15, 0.2) is 0 Å². The molecule has 1 aromatic carbocycles. The molecule has 0 bridgehead atoms. The zero-order valence-electron chi connectivity index (χ0n) is 12.6. The van der Waals surface area contributed by atoms with Crippen molar-refractivity contribution in [3.05, 3.63) is 29.8 Å². The monoisotopic (exact) mass is 291 g/mol. The van der Waals surface area contributed by atoms with Gasteiger partial charge in [-0.15, -0.1) is 0 Å². The molecule has 114 valence electrons. The number of carboxylic acids is 1. The molecule has 1 atom stereocenters. The summed E-state index contributed by atoms with van der Waals surface area (Å²) < 4.78 is 5.71. The van der Waals surface area contributed by atoms with E-state index in [0.717, 1.165) is 0 Å². The molecule has 21 heavy (non-hydrogen) atoms. The highest BCUT2D eigenvalue weighted by Crippen LogP contribution is 2.22. The van der Waals surface area contributed by atoms with Gasteiger partial charge < -0.3 is 14.7 Å². The van der Waals surface area contributed by atoms with E-state index in [0.29, 0.717) is 24.3 Å². The Hall–Kier alpha value is -2.04. The molecule has 5 nitrogen and oxygen atoms in total. The van der Waals surface area contributed by atoms with Gasteiger partial charge in [0, 0.05) is 18.7 Å². The minimum Gasteiger partial charge on any atom is -0.488 e. The fourth-order valence-electron chi connectivity index (χ4n) is 2.35. The molecule has 1 aliphatic heterocycles. The van der Waals surface area contributed by atoms with Crippen LogP contribution in [0.2, 0.25) is 0 Å². The average molecular weight is 291 g/mol. The second-order valence-electron chi connectivity index (χ2n) is 6.31. The Labute approximate surface area is 124 Å². The van der Waals surface area contributed by atoms with Gasteiger partial charge in [0.25, 0.3) is 5.91 Å². The molecule has 5 heteroatoms. The number of amides is 1. The van der Waals surface area contributed by atoms with E-state index in [1.54, 1.807) is 29.2 Å². The number of hydrogen-bond donors (Lipinski definition) is 1. The van der Waals surface area contributed by atoms with Crippen LogP contribution in [0.1, 0.15) is 37.6 Å². The lowest BCUT2D eigenvalue weighted by atomic mass is 10.1. The van der Waals surface area contributed by atoms with Gasteiger partial charge in [-0.05, 0) is 51.5 Å². The van der Waals surface area contributed by atoms with Crippen LogP contribution in [0.15, 0.2) is 24.3 Å². The van der Waals surface area contributed by atoms with Crippen LogP contribution in [0.3, 0.4) is 0 Å². The maximum absolute atomic E-state index is 12.3. The summed E-state index contributed by atoms with van der Waals surface area (Å²) in [6.07, 6.45) is 0.520. The Kier molecular flexibility index (Phi) is 4.21. The van der Waals surface area contributed by atoms with Gasteiger partial charge in [-0.25, -0.2) is 0 Å². The first-order valence-corrected chi connectivity index (χ1v) is 7.07. The Balaban J connectivity index is 2.02. The summed E-state index contributed by atoms with van der Waals surface area (Å²) in [7, 11) is 0. The van der Waals surface area contributed by atoms with Gasteiger partial charge in [-0.1, -0.05) is 0 Å². The van der Waals surface area contributed by atoms with Crippen LogP contribution in [-0.4, -0.2) is 40.6 Å². The van der Waals surface area contributed by atoms with Crippen molar-refractivity contribution in [1.82, 2.24) is 4.90 Å². The lowest BCUT2D eigenvalue weighted by molar-refractivity contribution is -0.141. The Morgan fingerprint density at radius 3 is 2.33 bits per heavy atom. The molecule has 0 saturated carbocycles. The number of carbonyl (C=O) groups is 2. The van der Waals surface area contributed by atoms with Gasteiger partial charge in [0.2, 0.25) is 0 Å². The van der Waals surface area contributed by atoms with E-state index in [4.69, 9.17) is 9.84 Å². The minimum absolute atomic E-state index is 0.124. The molecule has 1 N–H and O–H groups in total. The Morgan fingerprint density at radius 1 is 1.24 bits per heavy atom. The standard InChI is InChI=1S/C16H21NO4/c1-16(2,3)21-13-6-4-11(5-7-13)14(18)17-9-8-12(10-17)15(19)20/h4-7,12H,8-10H2,1-3H3,(H,19,20). The lowest BCUT2D eigenvalue weighted by Crippen LogP contribution is -2.30. The number of carboxylic acid groups (broad SMARTS) is 1. The number of hydrogen-bond acceptors (Lipinski definition) is 3. The molecule has 1 heterocycles. The summed E-state index contributed by atoms with van der Waals surface area (Å²) in [5.41, 5.74) is 0.275. The van der Waals surface area contributed by atoms with Gasteiger partial charge in [0.1, 0.15) is 11.4 Å². The largest absolute Gasteiger partial charge is 0.488 e. The SMILES string of the molecule is CC(C)(C)Oc1ccc(C(=O)N2CCC(C(=O)O)C2)cc1. The summed E-state index contributed by atoms with van der Waals surface area (Å²) in [5, 5.41) is 8.97. The third kappa shape index (κ3) is 3.97. The maximum atomic E-state index is 12.3. The van der Waals surface area contributed by atoms with Crippen molar-refractivity contribution in [3.8, 4) is 5.75 Å². The second kappa shape index (κ2) is 5.76. The molecule has 0 radical (unpaired) electrons. The zero-order valence-corrected chi connectivity index (χ0v) is 12.6. The number of nitrogens with zero attached hydrogens (tertiary/aromatic N) is 1. The summed E-state index contributed by atoms with van der Waals surface area (Å²) in [6, 6.07) is 6.97. The van der Waals surface area contributed by atoms with Crippen molar-refractivity contribution in [3.63, 3.8) is 0 Å². The summed E-state index contributed by atoms with van der Waals surface area (Å²) in [6.45, 7) is 6.66. The summed E-state index contributed by atoms with van der Waals surface area (Å²) in [5.74, 6) is -0.693. The Bertz CT molecular complexity index is 530. The topological polar surface area (TPSA) is 66.8 Å². The number of ether oxygens (including phenoxy) is 1. The normalized spacial score (nSPS) is 18.6. The first-order chi connectivity index (χ1) is 9.76. The van der Waals surface area contributed by atoms with Crippen molar-refractivity contribution in [2.24, 2.45) is 5.92 Å². The van der Waals surface area contributed by atoms with E-state index >= 15 is 0 Å². The zero-order chi connectivity index (χ0) is 15.6. The highest BCUT2D eigenvalue weighted by Gasteiger charge is 2.31. The van der Waals surface area contributed by atoms with Crippen LogP contribution in [-0.2, 0) is 4.79 Å². The average Bonchev–Trinajstić information content (AvgIpc) is 2.86. The predicted molar refractivity (Wildman–Crippen MR) is 78.5 cm³/mol. The van der Waals surface area contributed by atoms with Gasteiger partial charge in [0.05, 0.1) is 5.92 Å². The van der Waals surface area contributed by atoms with E-state index in [-0.39, 0.29) is 18.1 Å². The quantitative estimate of drug-likeness (QED) is 0.928. The first kappa shape index (κ1) is 15.4. The molecule has 0 aromatic heterocycles. The van der Waals surface area contributed by atoms with E-state index in [9.17, 15) is 9.59 Å². The van der Waals surface area contributed by atoms with E-state index in [1.165, 1.54) is 0 Å². The molecular weight excluding hydrogens is 270 g/mol. The smallest absolute Gasteiger partial charge is 0.308 e. The van der Waals surface area contributed by atoms with Crippen molar-refractivity contribution in [2.45, 2.75) is 32.8 Å². The third-order valence-corrected chi connectivity index (χ3v) is 3.35. The highest BCUT2D eigenvalue weighted by atomic mass is 16.5. The molecule has 1 amide bonds. The number of aliphatic carboxylic acids is 1. The molecule has 0 aliphatic carbocycles. The minimum atomic E-state index is -0.834. The van der Waals surface area contributed by atoms with Crippen molar-refractivity contribution < 1.29 is 19.4 Å². The van der Waals surface area contributed by atoms with Crippen molar-refractivity contribution in [1.29, 1.82) is 0 Å². The number of likely N-dealkylation sites (tertiary alicyclic amines) is 1. The fraction of sp³-hybridized carbons (Fsp3) is 0.500. The van der Waals surface area contributed by atoms with Crippen LogP contribution in [0.4, 0.5) is 0 Å². The van der Waals surface area contributed by atoms with Crippen LogP contribution >= 0.6 is 0 Å². The van der Waals surface area contributed by atoms with Crippen LogP contribution in [0.25, 0.3) is 0 Å². The first-order valence-electron chi connectivity index (χ1n) is 7.07. The molecular formula is C16H21NO4. The van der Waals surface area contributed by atoms with Gasteiger partial charge in [-0.3, -0.25) is 9.59 Å². The molecule has 1 fully saturated rings. The van der Waals surface area contributed by atoms with E-state index < -0.39 is 11.9 Å². The maximum Gasteiger partial charge on any atom is 0.308 e. The molecule has 1 unspecified atom stereocenters. The van der Waals surface area contributed by atoms with Crippen LogP contribution in [0, 0.1) is 5.92 Å². The van der Waals surface area contributed by atoms with Gasteiger partial charge >= 0.3 is 5.97 Å². The van der Waals surface area contributed by atoms with Crippen molar-refractivity contribution in [2.75, 3.05) is 13.1 Å².